The van der Waals surface area contributed by atoms with E-state index in [9.17, 15) is 9.50 Å². The Balaban J connectivity index is 1.42. The molecule has 0 bridgehead atoms. The van der Waals surface area contributed by atoms with E-state index in [0.717, 1.165) is 23.6 Å². The van der Waals surface area contributed by atoms with E-state index in [4.69, 9.17) is 9.47 Å². The van der Waals surface area contributed by atoms with Crippen molar-refractivity contribution in [1.29, 1.82) is 0 Å². The number of rotatable bonds is 4. The molecular formula is C22H24FNO3. The van der Waals surface area contributed by atoms with Crippen LogP contribution in [0.1, 0.15) is 24.0 Å². The van der Waals surface area contributed by atoms with Crippen LogP contribution in [0.3, 0.4) is 0 Å². The van der Waals surface area contributed by atoms with Gasteiger partial charge in [-0.1, -0.05) is 18.2 Å². The molecule has 142 valence electrons. The fourth-order valence-corrected chi connectivity index (χ4v) is 3.90. The summed E-state index contributed by atoms with van der Waals surface area (Å²) in [4.78, 5) is 2.29. The van der Waals surface area contributed by atoms with Gasteiger partial charge in [0.1, 0.15) is 23.9 Å². The first-order valence-corrected chi connectivity index (χ1v) is 9.27. The molecule has 0 amide bonds. The van der Waals surface area contributed by atoms with Crippen LogP contribution in [0.15, 0.2) is 48.0 Å². The Hall–Kier alpha value is -2.37. The summed E-state index contributed by atoms with van der Waals surface area (Å²) in [7, 11) is 1.65. The Kier molecular flexibility index (Phi) is 4.89. The molecule has 1 N–H and O–H groups in total. The van der Waals surface area contributed by atoms with E-state index in [2.05, 4.69) is 11.0 Å². The highest BCUT2D eigenvalue weighted by Crippen LogP contribution is 2.35. The number of piperidine rings is 1. The first-order chi connectivity index (χ1) is 13.1. The lowest BCUT2D eigenvalue weighted by Gasteiger charge is -2.39. The molecule has 4 nitrogen and oxygen atoms in total. The summed E-state index contributed by atoms with van der Waals surface area (Å²) in [5.74, 6) is 1.34. The molecule has 2 aromatic carbocycles. The largest absolute Gasteiger partial charge is 0.497 e. The third-order valence-corrected chi connectivity index (χ3v) is 5.47. The van der Waals surface area contributed by atoms with Gasteiger partial charge in [-0.3, -0.25) is 4.90 Å². The quantitative estimate of drug-likeness (QED) is 0.894. The minimum absolute atomic E-state index is 0.331. The van der Waals surface area contributed by atoms with Gasteiger partial charge in [-0.2, -0.15) is 0 Å². The Morgan fingerprint density at radius 3 is 2.70 bits per heavy atom. The molecule has 0 aromatic heterocycles. The van der Waals surface area contributed by atoms with Gasteiger partial charge in [0, 0.05) is 30.8 Å². The van der Waals surface area contributed by atoms with Crippen LogP contribution in [0.4, 0.5) is 4.39 Å². The van der Waals surface area contributed by atoms with E-state index in [1.165, 1.54) is 11.6 Å². The maximum atomic E-state index is 14.1. The van der Waals surface area contributed by atoms with Crippen LogP contribution in [0.5, 0.6) is 11.5 Å². The van der Waals surface area contributed by atoms with Crippen LogP contribution in [0, 0.1) is 5.82 Å². The van der Waals surface area contributed by atoms with Crippen molar-refractivity contribution < 1.29 is 19.0 Å². The van der Waals surface area contributed by atoms with E-state index >= 15 is 0 Å². The summed E-state index contributed by atoms with van der Waals surface area (Å²) >= 11 is 0. The number of nitrogens with zero attached hydrogens (tertiary/aromatic N) is 1. The average molecular weight is 369 g/mol. The van der Waals surface area contributed by atoms with Gasteiger partial charge in [-0.25, -0.2) is 4.39 Å². The van der Waals surface area contributed by atoms with Gasteiger partial charge >= 0.3 is 0 Å². The molecule has 0 atom stereocenters. The van der Waals surface area contributed by atoms with Crippen LogP contribution in [-0.2, 0) is 5.60 Å². The molecule has 0 saturated carbocycles. The zero-order chi connectivity index (χ0) is 18.9. The third-order valence-electron chi connectivity index (χ3n) is 5.47. The topological polar surface area (TPSA) is 41.9 Å². The van der Waals surface area contributed by atoms with Crippen LogP contribution >= 0.6 is 0 Å². The molecule has 0 unspecified atom stereocenters. The highest BCUT2D eigenvalue weighted by molar-refractivity contribution is 5.64. The summed E-state index contributed by atoms with van der Waals surface area (Å²) in [6.45, 7) is 2.78. The van der Waals surface area contributed by atoms with Crippen molar-refractivity contribution in [3.63, 3.8) is 0 Å². The predicted molar refractivity (Wildman–Crippen MR) is 102 cm³/mol. The van der Waals surface area contributed by atoms with Crippen LogP contribution in [0.2, 0.25) is 0 Å². The monoisotopic (exact) mass is 369 g/mol. The number of halogens is 1. The first kappa shape index (κ1) is 18.0. The van der Waals surface area contributed by atoms with E-state index in [1.54, 1.807) is 25.3 Å². The van der Waals surface area contributed by atoms with Gasteiger partial charge in [0.25, 0.3) is 0 Å². The van der Waals surface area contributed by atoms with Crippen LogP contribution in [-0.4, -0.2) is 43.4 Å². The second-order valence-corrected chi connectivity index (χ2v) is 7.28. The predicted octanol–water partition coefficient (Wildman–Crippen LogP) is 3.59. The van der Waals surface area contributed by atoms with Crippen molar-refractivity contribution in [3.8, 4) is 11.5 Å². The van der Waals surface area contributed by atoms with Crippen molar-refractivity contribution in [1.82, 2.24) is 4.90 Å². The van der Waals surface area contributed by atoms with Gasteiger partial charge in [-0.15, -0.1) is 0 Å². The Bertz CT molecular complexity index is 856. The van der Waals surface area contributed by atoms with E-state index < -0.39 is 5.60 Å². The van der Waals surface area contributed by atoms with Crippen molar-refractivity contribution in [2.24, 2.45) is 0 Å². The summed E-state index contributed by atoms with van der Waals surface area (Å²) in [6, 6.07) is 12.3. The molecule has 2 heterocycles. The molecule has 0 radical (unpaired) electrons. The van der Waals surface area contributed by atoms with Gasteiger partial charge in [0.2, 0.25) is 0 Å². The summed E-state index contributed by atoms with van der Waals surface area (Å²) in [6.07, 6.45) is 3.19. The molecular weight excluding hydrogens is 345 g/mol. The lowest BCUT2D eigenvalue weighted by atomic mass is 9.84. The van der Waals surface area contributed by atoms with Crippen LogP contribution < -0.4 is 9.47 Å². The van der Waals surface area contributed by atoms with Gasteiger partial charge in [0.05, 0.1) is 12.7 Å². The number of ether oxygens (including phenoxy) is 2. The van der Waals surface area contributed by atoms with Gasteiger partial charge in [-0.05, 0) is 48.8 Å². The molecule has 4 rings (SSSR count). The van der Waals surface area contributed by atoms with Gasteiger partial charge in [0.15, 0.2) is 0 Å². The minimum atomic E-state index is -1.08. The fraction of sp³-hybridized carbons (Fsp3) is 0.364. The highest BCUT2D eigenvalue weighted by Gasteiger charge is 2.36. The summed E-state index contributed by atoms with van der Waals surface area (Å²) in [5.41, 5.74) is 1.53. The SMILES string of the molecule is COc1ccc2c(c1)C=C(CN1CCC(O)(c3ccccc3F)CC1)CO2. The summed E-state index contributed by atoms with van der Waals surface area (Å²) in [5, 5.41) is 10.9. The Morgan fingerprint density at radius 2 is 1.96 bits per heavy atom. The summed E-state index contributed by atoms with van der Waals surface area (Å²) < 4.78 is 25.2. The third kappa shape index (κ3) is 3.70. The maximum absolute atomic E-state index is 14.1. The normalized spacial score (nSPS) is 19.0. The van der Waals surface area contributed by atoms with Crippen molar-refractivity contribution in [2.45, 2.75) is 18.4 Å². The van der Waals surface area contributed by atoms with E-state index in [-0.39, 0.29) is 5.82 Å². The van der Waals surface area contributed by atoms with Crippen LogP contribution in [0.25, 0.3) is 6.08 Å². The second kappa shape index (κ2) is 7.33. The molecule has 2 aliphatic rings. The first-order valence-electron chi connectivity index (χ1n) is 9.27. The average Bonchev–Trinajstić information content (AvgIpc) is 2.69. The number of hydrogen-bond acceptors (Lipinski definition) is 4. The lowest BCUT2D eigenvalue weighted by Crippen LogP contribution is -2.44. The number of fused-ring (bicyclic) bond motifs is 1. The van der Waals surface area contributed by atoms with Crippen molar-refractivity contribution in [3.05, 3.63) is 65.0 Å². The minimum Gasteiger partial charge on any atom is -0.497 e. The molecule has 5 heteroatoms. The molecule has 0 spiro atoms. The zero-order valence-corrected chi connectivity index (χ0v) is 15.5. The maximum Gasteiger partial charge on any atom is 0.129 e. The molecule has 1 saturated heterocycles. The Labute approximate surface area is 158 Å². The number of aliphatic hydroxyl groups is 1. The smallest absolute Gasteiger partial charge is 0.129 e. The van der Waals surface area contributed by atoms with Gasteiger partial charge < -0.3 is 14.6 Å². The molecule has 1 fully saturated rings. The zero-order valence-electron chi connectivity index (χ0n) is 15.5. The molecule has 2 aromatic rings. The molecule has 0 aliphatic carbocycles. The number of benzene rings is 2. The molecule has 27 heavy (non-hydrogen) atoms. The Morgan fingerprint density at radius 1 is 1.19 bits per heavy atom. The molecule has 2 aliphatic heterocycles. The lowest BCUT2D eigenvalue weighted by molar-refractivity contribution is -0.0267. The standard InChI is InChI=1S/C22H24FNO3/c1-26-18-6-7-21-17(13-18)12-16(15-27-21)14-24-10-8-22(25,9-11-24)19-4-2-3-5-20(19)23/h2-7,12-13,25H,8-11,14-15H2,1H3. The number of methoxy groups -OCH3 is 1. The number of likely N-dealkylation sites (tertiary alicyclic amines) is 1. The fourth-order valence-electron chi connectivity index (χ4n) is 3.90. The second-order valence-electron chi connectivity index (χ2n) is 7.28. The van der Waals surface area contributed by atoms with E-state index in [1.807, 2.05) is 18.2 Å². The van der Waals surface area contributed by atoms with E-state index in [0.29, 0.717) is 38.1 Å². The van der Waals surface area contributed by atoms with Crippen molar-refractivity contribution in [2.75, 3.05) is 33.4 Å². The van der Waals surface area contributed by atoms with Crippen molar-refractivity contribution >= 4 is 6.08 Å². The number of hydrogen-bond donors (Lipinski definition) is 1. The highest BCUT2D eigenvalue weighted by atomic mass is 19.1.